The van der Waals surface area contributed by atoms with Gasteiger partial charge in [0.05, 0.1) is 6.61 Å². The molecule has 7 heteroatoms. The first-order chi connectivity index (χ1) is 8.60. The fraction of sp³-hybridized carbons (Fsp3) is 0.0909. The molecule has 0 amide bonds. The van der Waals surface area contributed by atoms with Crippen LogP contribution < -0.4 is 4.74 Å². The summed E-state index contributed by atoms with van der Waals surface area (Å²) in [7, 11) is 0. The van der Waals surface area contributed by atoms with E-state index in [-0.39, 0.29) is 18.4 Å². The van der Waals surface area contributed by atoms with Gasteiger partial charge in [-0.2, -0.15) is 4.39 Å². The number of hydrogen-bond donors (Lipinski definition) is 1. The molecule has 0 aliphatic heterocycles. The van der Waals surface area contributed by atoms with Gasteiger partial charge >= 0.3 is 6.01 Å². The van der Waals surface area contributed by atoms with Crippen molar-refractivity contribution >= 4 is 15.9 Å². The van der Waals surface area contributed by atoms with Gasteiger partial charge < -0.3 is 9.84 Å². The van der Waals surface area contributed by atoms with E-state index in [4.69, 9.17) is 9.84 Å². The Hall–Kier alpha value is -1.60. The maximum Gasteiger partial charge on any atom is 0.321 e. The smallest absolute Gasteiger partial charge is 0.321 e. The number of ether oxygens (including phenoxy) is 1. The molecule has 1 aromatic carbocycles. The topological polar surface area (TPSA) is 55.2 Å². The van der Waals surface area contributed by atoms with Gasteiger partial charge in [0.15, 0.2) is 11.6 Å². The van der Waals surface area contributed by atoms with Crippen molar-refractivity contribution in [2.75, 3.05) is 0 Å². The minimum atomic E-state index is -1.12. The van der Waals surface area contributed by atoms with E-state index in [1.54, 1.807) is 0 Å². The SMILES string of the molecule is OCc1cnc(Oc2cc(Br)cc(F)c2F)nc1. The second kappa shape index (κ2) is 5.36. The second-order valence-corrected chi connectivity index (χ2v) is 4.25. The van der Waals surface area contributed by atoms with E-state index in [9.17, 15) is 8.78 Å². The van der Waals surface area contributed by atoms with Gasteiger partial charge in [-0.1, -0.05) is 15.9 Å². The molecule has 94 valence electrons. The lowest BCUT2D eigenvalue weighted by Gasteiger charge is -2.06. The van der Waals surface area contributed by atoms with Crippen molar-refractivity contribution in [1.82, 2.24) is 9.97 Å². The van der Waals surface area contributed by atoms with E-state index in [2.05, 4.69) is 25.9 Å². The van der Waals surface area contributed by atoms with Crippen LogP contribution in [0.5, 0.6) is 11.8 Å². The van der Waals surface area contributed by atoms with Crippen molar-refractivity contribution < 1.29 is 18.6 Å². The van der Waals surface area contributed by atoms with Gasteiger partial charge in [-0.15, -0.1) is 0 Å². The average molecular weight is 317 g/mol. The van der Waals surface area contributed by atoms with Crippen molar-refractivity contribution in [3.8, 4) is 11.8 Å². The summed E-state index contributed by atoms with van der Waals surface area (Å²) in [6.45, 7) is -0.208. The average Bonchev–Trinajstić information content (AvgIpc) is 2.36. The summed E-state index contributed by atoms with van der Waals surface area (Å²) >= 11 is 3.02. The van der Waals surface area contributed by atoms with Crippen LogP contribution in [-0.4, -0.2) is 15.1 Å². The van der Waals surface area contributed by atoms with Crippen molar-refractivity contribution in [2.24, 2.45) is 0 Å². The van der Waals surface area contributed by atoms with E-state index in [1.807, 2.05) is 0 Å². The number of nitrogens with zero attached hydrogens (tertiary/aromatic N) is 2. The predicted molar refractivity (Wildman–Crippen MR) is 62.1 cm³/mol. The zero-order valence-corrected chi connectivity index (χ0v) is 10.5. The van der Waals surface area contributed by atoms with Gasteiger partial charge in [-0.25, -0.2) is 14.4 Å². The minimum Gasteiger partial charge on any atom is -0.421 e. The number of aromatic nitrogens is 2. The molecule has 2 rings (SSSR count). The lowest BCUT2D eigenvalue weighted by molar-refractivity contribution is 0.280. The molecule has 1 aromatic heterocycles. The van der Waals surface area contributed by atoms with Crippen LogP contribution in [0.15, 0.2) is 29.0 Å². The fourth-order valence-electron chi connectivity index (χ4n) is 1.18. The Balaban J connectivity index is 2.27. The third kappa shape index (κ3) is 2.80. The Labute approximate surface area is 109 Å². The molecule has 2 aromatic rings. The van der Waals surface area contributed by atoms with Gasteiger partial charge in [0.1, 0.15) is 0 Å². The number of benzene rings is 1. The molecule has 18 heavy (non-hydrogen) atoms. The van der Waals surface area contributed by atoms with E-state index in [1.165, 1.54) is 18.5 Å². The molecule has 0 fully saturated rings. The van der Waals surface area contributed by atoms with Crippen LogP contribution in [0.1, 0.15) is 5.56 Å². The highest BCUT2D eigenvalue weighted by molar-refractivity contribution is 9.10. The molecule has 0 aliphatic rings. The van der Waals surface area contributed by atoms with Crippen LogP contribution in [0.2, 0.25) is 0 Å². The van der Waals surface area contributed by atoms with Crippen LogP contribution in [0, 0.1) is 11.6 Å². The summed E-state index contributed by atoms with van der Waals surface area (Å²) in [6, 6.07) is 2.11. The van der Waals surface area contributed by atoms with Gasteiger partial charge in [0.2, 0.25) is 5.82 Å². The molecule has 0 spiro atoms. The molecule has 0 atom stereocenters. The van der Waals surface area contributed by atoms with Crippen LogP contribution in [0.4, 0.5) is 8.78 Å². The standard InChI is InChI=1S/C11H7BrF2N2O2/c12-7-1-8(13)10(14)9(2-7)18-11-15-3-6(5-17)4-16-11/h1-4,17H,5H2. The Morgan fingerprint density at radius 3 is 2.50 bits per heavy atom. The first-order valence-electron chi connectivity index (χ1n) is 4.84. The third-order valence-corrected chi connectivity index (χ3v) is 2.48. The summed E-state index contributed by atoms with van der Waals surface area (Å²) in [5, 5.41) is 8.80. The van der Waals surface area contributed by atoms with E-state index < -0.39 is 11.6 Å². The van der Waals surface area contributed by atoms with Gasteiger partial charge in [0, 0.05) is 22.4 Å². The molecule has 4 nitrogen and oxygen atoms in total. The lowest BCUT2D eigenvalue weighted by atomic mass is 10.3. The van der Waals surface area contributed by atoms with Crippen molar-refractivity contribution in [2.45, 2.75) is 6.61 Å². The summed E-state index contributed by atoms with van der Waals surface area (Å²) < 4.78 is 31.9. The highest BCUT2D eigenvalue weighted by Gasteiger charge is 2.13. The quantitative estimate of drug-likeness (QED) is 0.885. The van der Waals surface area contributed by atoms with E-state index in [0.717, 1.165) is 6.07 Å². The fourth-order valence-corrected chi connectivity index (χ4v) is 1.59. The zero-order chi connectivity index (χ0) is 13.1. The Bertz CT molecular complexity index is 564. The number of rotatable bonds is 3. The predicted octanol–water partition coefficient (Wildman–Crippen LogP) is 2.80. The lowest BCUT2D eigenvalue weighted by Crippen LogP contribution is -1.97. The number of aliphatic hydroxyl groups is 1. The molecule has 0 saturated carbocycles. The van der Waals surface area contributed by atoms with Gasteiger partial charge in [-0.3, -0.25) is 0 Å². The molecule has 0 unspecified atom stereocenters. The van der Waals surface area contributed by atoms with Crippen LogP contribution in [0.3, 0.4) is 0 Å². The Morgan fingerprint density at radius 1 is 1.22 bits per heavy atom. The normalized spacial score (nSPS) is 10.4. The van der Waals surface area contributed by atoms with Crippen LogP contribution in [-0.2, 0) is 6.61 Å². The molecule has 0 radical (unpaired) electrons. The molecule has 1 heterocycles. The second-order valence-electron chi connectivity index (χ2n) is 3.33. The maximum absolute atomic E-state index is 13.4. The number of aliphatic hydroxyl groups excluding tert-OH is 1. The summed E-state index contributed by atoms with van der Waals surface area (Å²) in [5.41, 5.74) is 0.489. The van der Waals surface area contributed by atoms with Gasteiger partial charge in [-0.05, 0) is 12.1 Å². The van der Waals surface area contributed by atoms with Crippen LogP contribution in [0.25, 0.3) is 0 Å². The van der Waals surface area contributed by atoms with Crippen LogP contribution >= 0.6 is 15.9 Å². The molecular formula is C11H7BrF2N2O2. The van der Waals surface area contributed by atoms with Crippen molar-refractivity contribution in [3.63, 3.8) is 0 Å². The molecule has 1 N–H and O–H groups in total. The molecule has 0 aliphatic carbocycles. The minimum absolute atomic E-state index is 0.136. The summed E-state index contributed by atoms with van der Waals surface area (Å²) in [4.78, 5) is 7.49. The summed E-state index contributed by atoms with van der Waals surface area (Å²) in [6.07, 6.45) is 2.66. The Morgan fingerprint density at radius 2 is 1.89 bits per heavy atom. The molecular weight excluding hydrogens is 310 g/mol. The van der Waals surface area contributed by atoms with Crippen molar-refractivity contribution in [1.29, 1.82) is 0 Å². The highest BCUT2D eigenvalue weighted by Crippen LogP contribution is 2.27. The largest absolute Gasteiger partial charge is 0.421 e. The van der Waals surface area contributed by atoms with E-state index in [0.29, 0.717) is 10.0 Å². The van der Waals surface area contributed by atoms with Crippen molar-refractivity contribution in [3.05, 3.63) is 46.2 Å². The number of hydrogen-bond acceptors (Lipinski definition) is 4. The Kier molecular flexibility index (Phi) is 3.83. The zero-order valence-electron chi connectivity index (χ0n) is 8.90. The third-order valence-electron chi connectivity index (χ3n) is 2.03. The monoisotopic (exact) mass is 316 g/mol. The summed E-state index contributed by atoms with van der Waals surface area (Å²) in [5.74, 6) is -2.47. The van der Waals surface area contributed by atoms with E-state index >= 15 is 0 Å². The molecule has 0 bridgehead atoms. The highest BCUT2D eigenvalue weighted by atomic mass is 79.9. The molecule has 0 saturated heterocycles. The first kappa shape index (κ1) is 12.8. The van der Waals surface area contributed by atoms with Gasteiger partial charge in [0.25, 0.3) is 0 Å². The number of halogens is 3. The maximum atomic E-state index is 13.4. The first-order valence-corrected chi connectivity index (χ1v) is 5.63.